The fourth-order valence-corrected chi connectivity index (χ4v) is 1.36. The van der Waals surface area contributed by atoms with Crippen molar-refractivity contribution in [2.45, 2.75) is 12.7 Å². The van der Waals surface area contributed by atoms with Gasteiger partial charge < -0.3 is 5.11 Å². The number of hydrogen-bond acceptors (Lipinski definition) is 2. The van der Waals surface area contributed by atoms with E-state index < -0.39 is 5.97 Å². The van der Waals surface area contributed by atoms with Crippen molar-refractivity contribution in [3.63, 3.8) is 0 Å². The highest BCUT2D eigenvalue weighted by atomic mass is 32.1. The number of rotatable bonds is 2. The predicted molar refractivity (Wildman–Crippen MR) is 50.8 cm³/mol. The van der Waals surface area contributed by atoms with Crippen molar-refractivity contribution in [2.24, 2.45) is 0 Å². The summed E-state index contributed by atoms with van der Waals surface area (Å²) in [6, 6.07) is 5.06. The van der Waals surface area contributed by atoms with Gasteiger partial charge in [0.05, 0.1) is 5.56 Å². The number of hydrogen-bond donors (Lipinski definition) is 2. The minimum absolute atomic E-state index is 0.332. The van der Waals surface area contributed by atoms with Crippen molar-refractivity contribution in [3.8, 4) is 0 Å². The molecule has 1 N–H and O–H groups in total. The van der Waals surface area contributed by atoms with Crippen molar-refractivity contribution in [1.82, 2.24) is 0 Å². The van der Waals surface area contributed by atoms with Crippen LogP contribution in [0.2, 0.25) is 0 Å². The zero-order valence-corrected chi connectivity index (χ0v) is 7.64. The van der Waals surface area contributed by atoms with Crippen molar-refractivity contribution in [2.75, 3.05) is 0 Å². The van der Waals surface area contributed by atoms with Gasteiger partial charge in [-0.2, -0.15) is 12.6 Å². The van der Waals surface area contributed by atoms with Gasteiger partial charge in [-0.05, 0) is 30.2 Å². The summed E-state index contributed by atoms with van der Waals surface area (Å²) in [5, 5.41) is 8.65. The number of benzene rings is 1. The van der Waals surface area contributed by atoms with Crippen molar-refractivity contribution < 1.29 is 9.90 Å². The molecular weight excluding hydrogens is 172 g/mol. The number of thiol groups is 1. The molecular formula is C9H10O2S. The second-order valence-electron chi connectivity index (χ2n) is 2.60. The van der Waals surface area contributed by atoms with Gasteiger partial charge in [0.1, 0.15) is 0 Å². The Morgan fingerprint density at radius 3 is 2.67 bits per heavy atom. The summed E-state index contributed by atoms with van der Waals surface area (Å²) >= 11 is 4.12. The molecule has 1 aromatic rings. The van der Waals surface area contributed by atoms with Crippen LogP contribution >= 0.6 is 12.6 Å². The van der Waals surface area contributed by atoms with E-state index in [4.69, 9.17) is 5.11 Å². The molecule has 2 nitrogen and oxygen atoms in total. The van der Waals surface area contributed by atoms with Crippen LogP contribution in [-0.4, -0.2) is 11.1 Å². The van der Waals surface area contributed by atoms with Gasteiger partial charge in [-0.15, -0.1) is 0 Å². The smallest absolute Gasteiger partial charge is 0.335 e. The number of aryl methyl sites for hydroxylation is 1. The Morgan fingerprint density at radius 1 is 1.58 bits per heavy atom. The van der Waals surface area contributed by atoms with Gasteiger partial charge in [-0.25, -0.2) is 4.79 Å². The van der Waals surface area contributed by atoms with Crippen LogP contribution in [-0.2, 0) is 5.75 Å². The van der Waals surface area contributed by atoms with Gasteiger partial charge in [0.15, 0.2) is 0 Å². The van der Waals surface area contributed by atoms with Gasteiger partial charge in [0.25, 0.3) is 0 Å². The number of carboxylic acid groups (broad SMARTS) is 1. The molecule has 0 heterocycles. The summed E-state index contributed by atoms with van der Waals surface area (Å²) in [7, 11) is 0. The van der Waals surface area contributed by atoms with Gasteiger partial charge in [0.2, 0.25) is 0 Å². The molecule has 64 valence electrons. The van der Waals surface area contributed by atoms with E-state index in [9.17, 15) is 4.79 Å². The average Bonchev–Trinajstić information content (AvgIpc) is 2.04. The fraction of sp³-hybridized carbons (Fsp3) is 0.222. The quantitative estimate of drug-likeness (QED) is 0.687. The van der Waals surface area contributed by atoms with Gasteiger partial charge >= 0.3 is 5.97 Å². The molecule has 0 saturated carbocycles. The van der Waals surface area contributed by atoms with Crippen LogP contribution in [0.25, 0.3) is 0 Å². The molecule has 0 saturated heterocycles. The van der Waals surface area contributed by atoms with Crippen LogP contribution in [0.3, 0.4) is 0 Å². The normalized spacial score (nSPS) is 9.83. The van der Waals surface area contributed by atoms with Crippen LogP contribution < -0.4 is 0 Å². The number of carbonyl (C=O) groups is 1. The predicted octanol–water partition coefficient (Wildman–Crippen LogP) is 2.12. The first kappa shape index (κ1) is 9.13. The lowest BCUT2D eigenvalue weighted by atomic mass is 10.1. The van der Waals surface area contributed by atoms with Gasteiger partial charge in [-0.1, -0.05) is 6.07 Å². The lowest BCUT2D eigenvalue weighted by Gasteiger charge is -2.02. The molecule has 1 aromatic carbocycles. The van der Waals surface area contributed by atoms with E-state index in [1.54, 1.807) is 18.2 Å². The molecule has 0 aromatic heterocycles. The molecule has 0 aliphatic rings. The molecule has 1 rings (SSSR count). The highest BCUT2D eigenvalue weighted by Crippen LogP contribution is 2.12. The van der Waals surface area contributed by atoms with E-state index in [1.807, 2.05) is 6.92 Å². The average molecular weight is 182 g/mol. The third-order valence-electron chi connectivity index (χ3n) is 1.76. The Morgan fingerprint density at radius 2 is 2.25 bits per heavy atom. The lowest BCUT2D eigenvalue weighted by molar-refractivity contribution is 0.0697. The number of aromatic carboxylic acids is 1. The maximum absolute atomic E-state index is 10.5. The first-order chi connectivity index (χ1) is 5.65. The van der Waals surface area contributed by atoms with Gasteiger partial charge in [-0.3, -0.25) is 0 Å². The van der Waals surface area contributed by atoms with Crippen LogP contribution in [0, 0.1) is 6.92 Å². The second-order valence-corrected chi connectivity index (χ2v) is 2.92. The maximum Gasteiger partial charge on any atom is 0.335 e. The Bertz CT molecular complexity index is 307. The summed E-state index contributed by atoms with van der Waals surface area (Å²) in [4.78, 5) is 10.5. The molecule has 0 aliphatic heterocycles. The van der Waals surface area contributed by atoms with E-state index in [-0.39, 0.29) is 0 Å². The molecule has 0 aliphatic carbocycles. The summed E-state index contributed by atoms with van der Waals surface area (Å²) in [5.41, 5.74) is 2.38. The topological polar surface area (TPSA) is 37.3 Å². The zero-order valence-electron chi connectivity index (χ0n) is 6.74. The highest BCUT2D eigenvalue weighted by molar-refractivity contribution is 7.79. The van der Waals surface area contributed by atoms with E-state index in [2.05, 4.69) is 12.6 Å². The van der Waals surface area contributed by atoms with Crippen molar-refractivity contribution in [1.29, 1.82) is 0 Å². The summed E-state index contributed by atoms with van der Waals surface area (Å²) < 4.78 is 0. The molecule has 0 spiro atoms. The Balaban J connectivity index is 3.10. The third-order valence-corrected chi connectivity index (χ3v) is 2.10. The van der Waals surface area contributed by atoms with Crippen molar-refractivity contribution >= 4 is 18.6 Å². The first-order valence-electron chi connectivity index (χ1n) is 3.59. The lowest BCUT2D eigenvalue weighted by Crippen LogP contribution is -1.97. The molecule has 0 radical (unpaired) electrons. The Kier molecular flexibility index (Phi) is 2.76. The highest BCUT2D eigenvalue weighted by Gasteiger charge is 2.03. The van der Waals surface area contributed by atoms with Crippen LogP contribution in [0.4, 0.5) is 0 Å². The molecule has 12 heavy (non-hydrogen) atoms. The molecule has 3 heteroatoms. The van der Waals surface area contributed by atoms with E-state index in [0.29, 0.717) is 11.3 Å². The van der Waals surface area contributed by atoms with Crippen LogP contribution in [0.15, 0.2) is 18.2 Å². The molecule has 0 bridgehead atoms. The number of carboxylic acids is 1. The SMILES string of the molecule is Cc1cc(C(=O)O)ccc1CS. The molecule has 0 unspecified atom stereocenters. The molecule has 0 atom stereocenters. The monoisotopic (exact) mass is 182 g/mol. The summed E-state index contributed by atoms with van der Waals surface area (Å²) in [6.07, 6.45) is 0. The molecule has 0 fully saturated rings. The van der Waals surface area contributed by atoms with E-state index in [1.165, 1.54) is 0 Å². The minimum Gasteiger partial charge on any atom is -0.478 e. The van der Waals surface area contributed by atoms with E-state index >= 15 is 0 Å². The fourth-order valence-electron chi connectivity index (χ4n) is 1.01. The Labute approximate surface area is 76.6 Å². The maximum atomic E-state index is 10.5. The van der Waals surface area contributed by atoms with Crippen LogP contribution in [0.5, 0.6) is 0 Å². The van der Waals surface area contributed by atoms with Crippen LogP contribution in [0.1, 0.15) is 21.5 Å². The summed E-state index contributed by atoms with van der Waals surface area (Å²) in [5.74, 6) is -0.241. The summed E-state index contributed by atoms with van der Waals surface area (Å²) in [6.45, 7) is 1.89. The third kappa shape index (κ3) is 1.80. The first-order valence-corrected chi connectivity index (χ1v) is 4.22. The standard InChI is InChI=1S/C9H10O2S/c1-6-4-7(9(10)11)2-3-8(6)5-12/h2-4,12H,5H2,1H3,(H,10,11). The second kappa shape index (κ2) is 3.63. The van der Waals surface area contributed by atoms with E-state index in [0.717, 1.165) is 11.1 Å². The Hall–Kier alpha value is -0.960. The van der Waals surface area contributed by atoms with Crippen molar-refractivity contribution in [3.05, 3.63) is 34.9 Å². The zero-order chi connectivity index (χ0) is 9.14. The largest absolute Gasteiger partial charge is 0.478 e. The molecule has 0 amide bonds. The minimum atomic E-state index is -0.885. The van der Waals surface area contributed by atoms with Gasteiger partial charge in [0, 0.05) is 5.75 Å².